The van der Waals surface area contributed by atoms with Crippen molar-refractivity contribution in [3.05, 3.63) is 4.91 Å². The zero-order chi connectivity index (χ0) is 10.9. The van der Waals surface area contributed by atoms with E-state index in [1.807, 2.05) is 34.6 Å². The molecule has 0 radical (unpaired) electrons. The maximum atomic E-state index is 10.8. The molecule has 0 aromatic heterocycles. The highest BCUT2D eigenvalue weighted by molar-refractivity contribution is 4.88. The van der Waals surface area contributed by atoms with Crippen LogP contribution >= 0.6 is 0 Å². The van der Waals surface area contributed by atoms with Crippen LogP contribution in [0, 0.1) is 10.8 Å². The summed E-state index contributed by atoms with van der Waals surface area (Å²) >= 11 is 0. The van der Waals surface area contributed by atoms with Crippen LogP contribution in [0.4, 0.5) is 0 Å². The molecule has 0 amide bonds. The summed E-state index contributed by atoms with van der Waals surface area (Å²) in [6.07, 6.45) is 0.837. The van der Waals surface area contributed by atoms with Gasteiger partial charge in [0.25, 0.3) is 0 Å². The van der Waals surface area contributed by atoms with Gasteiger partial charge in [-0.15, -0.1) is 4.91 Å². The minimum Gasteiger partial charge on any atom is -0.353 e. The molecule has 1 saturated heterocycles. The van der Waals surface area contributed by atoms with E-state index in [0.29, 0.717) is 0 Å². The van der Waals surface area contributed by atoms with Gasteiger partial charge in [-0.1, -0.05) is 13.8 Å². The first-order valence-corrected chi connectivity index (χ1v) is 5.16. The van der Waals surface area contributed by atoms with Crippen LogP contribution in [-0.4, -0.2) is 22.9 Å². The minimum absolute atomic E-state index is 0.189. The Morgan fingerprint density at radius 1 is 1.50 bits per heavy atom. The van der Waals surface area contributed by atoms with Crippen LogP contribution < -0.4 is 0 Å². The lowest BCUT2D eigenvalue weighted by molar-refractivity contribution is -0.200. The van der Waals surface area contributed by atoms with Crippen LogP contribution in [0.2, 0.25) is 0 Å². The molecule has 0 spiro atoms. The van der Waals surface area contributed by atoms with Crippen LogP contribution in [0.5, 0.6) is 0 Å². The zero-order valence-corrected chi connectivity index (χ0v) is 9.65. The van der Waals surface area contributed by atoms with Crippen LogP contribution in [0.1, 0.15) is 41.0 Å². The van der Waals surface area contributed by atoms with Gasteiger partial charge in [-0.2, -0.15) is 0 Å². The second kappa shape index (κ2) is 3.85. The standard InChI is InChI=1S/C10H20N2O2/c1-7(2)9-12(11-13)10(4,5)6-8(3)14-9/h7-9H,6H2,1-5H3. The Kier molecular flexibility index (Phi) is 3.14. The molecule has 1 aliphatic heterocycles. The molecule has 0 N–H and O–H groups in total. The predicted molar refractivity (Wildman–Crippen MR) is 55.5 cm³/mol. The highest BCUT2D eigenvalue weighted by Crippen LogP contribution is 2.33. The molecule has 0 aromatic rings. The first-order valence-electron chi connectivity index (χ1n) is 5.16. The zero-order valence-electron chi connectivity index (χ0n) is 9.65. The van der Waals surface area contributed by atoms with E-state index in [2.05, 4.69) is 5.29 Å². The van der Waals surface area contributed by atoms with Gasteiger partial charge in [0, 0.05) is 0 Å². The van der Waals surface area contributed by atoms with Crippen LogP contribution in [0.15, 0.2) is 5.29 Å². The first-order chi connectivity index (χ1) is 6.38. The molecular formula is C10H20N2O2. The second-order valence-electron chi connectivity index (χ2n) is 5.02. The summed E-state index contributed by atoms with van der Waals surface area (Å²) in [5.41, 5.74) is -0.200. The van der Waals surface area contributed by atoms with Crippen molar-refractivity contribution >= 4 is 0 Å². The maximum Gasteiger partial charge on any atom is 0.152 e. The average molecular weight is 200 g/mol. The summed E-state index contributed by atoms with van der Waals surface area (Å²) in [5, 5.41) is 4.65. The molecule has 1 heterocycles. The fourth-order valence-electron chi connectivity index (χ4n) is 2.08. The van der Waals surface area contributed by atoms with Crippen molar-refractivity contribution in [2.45, 2.75) is 58.9 Å². The Hall–Kier alpha value is -0.640. The topological polar surface area (TPSA) is 41.9 Å². The number of nitrogens with zero attached hydrogens (tertiary/aromatic N) is 2. The van der Waals surface area contributed by atoms with E-state index in [-0.39, 0.29) is 23.8 Å². The lowest BCUT2D eigenvalue weighted by Gasteiger charge is -2.47. The van der Waals surface area contributed by atoms with Crippen LogP contribution in [0.25, 0.3) is 0 Å². The number of ether oxygens (including phenoxy) is 1. The first kappa shape index (κ1) is 11.4. The Labute approximate surface area is 85.6 Å². The van der Waals surface area contributed by atoms with Gasteiger partial charge in [0.1, 0.15) is 0 Å². The van der Waals surface area contributed by atoms with Gasteiger partial charge in [-0.05, 0) is 33.1 Å². The van der Waals surface area contributed by atoms with E-state index in [9.17, 15) is 4.91 Å². The molecular weight excluding hydrogens is 180 g/mol. The summed E-state index contributed by atoms with van der Waals surface area (Å²) in [6, 6.07) is 0. The molecule has 82 valence electrons. The van der Waals surface area contributed by atoms with E-state index < -0.39 is 0 Å². The Balaban J connectivity index is 2.87. The molecule has 0 aliphatic carbocycles. The molecule has 0 saturated carbocycles. The van der Waals surface area contributed by atoms with Crippen molar-refractivity contribution in [2.24, 2.45) is 11.2 Å². The molecule has 0 bridgehead atoms. The third-order valence-corrected chi connectivity index (χ3v) is 2.68. The van der Waals surface area contributed by atoms with Crippen molar-refractivity contribution in [3.63, 3.8) is 0 Å². The molecule has 4 heteroatoms. The molecule has 14 heavy (non-hydrogen) atoms. The average Bonchev–Trinajstić information content (AvgIpc) is 2.00. The summed E-state index contributed by atoms with van der Waals surface area (Å²) in [6.45, 7) is 10.2. The summed E-state index contributed by atoms with van der Waals surface area (Å²) in [7, 11) is 0. The van der Waals surface area contributed by atoms with Gasteiger partial charge < -0.3 is 4.74 Å². The van der Waals surface area contributed by atoms with Crippen LogP contribution in [-0.2, 0) is 4.74 Å². The van der Waals surface area contributed by atoms with Gasteiger partial charge in [-0.3, -0.25) is 0 Å². The fraction of sp³-hybridized carbons (Fsp3) is 1.00. The molecule has 0 aromatic carbocycles. The molecule has 1 aliphatic rings. The van der Waals surface area contributed by atoms with E-state index in [1.54, 1.807) is 5.01 Å². The van der Waals surface area contributed by atoms with E-state index in [1.165, 1.54) is 0 Å². The van der Waals surface area contributed by atoms with E-state index >= 15 is 0 Å². The lowest BCUT2D eigenvalue weighted by Crippen LogP contribution is -2.56. The molecule has 2 unspecified atom stereocenters. The van der Waals surface area contributed by atoms with Gasteiger partial charge in [0.2, 0.25) is 0 Å². The third-order valence-electron chi connectivity index (χ3n) is 2.68. The Bertz CT molecular complexity index is 216. The molecule has 1 rings (SSSR count). The number of rotatable bonds is 2. The van der Waals surface area contributed by atoms with Gasteiger partial charge in [0.15, 0.2) is 6.23 Å². The summed E-state index contributed by atoms with van der Waals surface area (Å²) < 4.78 is 5.72. The maximum absolute atomic E-state index is 10.8. The van der Waals surface area contributed by atoms with Gasteiger partial charge in [0.05, 0.1) is 16.9 Å². The van der Waals surface area contributed by atoms with Crippen molar-refractivity contribution < 1.29 is 4.74 Å². The quantitative estimate of drug-likeness (QED) is 0.643. The van der Waals surface area contributed by atoms with E-state index in [4.69, 9.17) is 4.74 Å². The Morgan fingerprint density at radius 2 is 2.07 bits per heavy atom. The second-order valence-corrected chi connectivity index (χ2v) is 5.02. The molecule has 2 atom stereocenters. The normalized spacial score (nSPS) is 32.0. The molecule has 1 fully saturated rings. The number of hydrogen-bond donors (Lipinski definition) is 0. The highest BCUT2D eigenvalue weighted by atomic mass is 16.5. The fourth-order valence-corrected chi connectivity index (χ4v) is 2.08. The van der Waals surface area contributed by atoms with Crippen molar-refractivity contribution in [2.75, 3.05) is 0 Å². The van der Waals surface area contributed by atoms with Crippen molar-refractivity contribution in [1.29, 1.82) is 0 Å². The van der Waals surface area contributed by atoms with Gasteiger partial charge >= 0.3 is 0 Å². The summed E-state index contributed by atoms with van der Waals surface area (Å²) in [5.74, 6) is 0.273. The minimum atomic E-state index is -0.200. The van der Waals surface area contributed by atoms with Crippen LogP contribution in [0.3, 0.4) is 0 Å². The van der Waals surface area contributed by atoms with E-state index in [0.717, 1.165) is 6.42 Å². The Morgan fingerprint density at radius 3 is 2.50 bits per heavy atom. The van der Waals surface area contributed by atoms with Crippen molar-refractivity contribution in [3.8, 4) is 0 Å². The SMILES string of the molecule is CC1CC(C)(C)N(N=O)C(C(C)C)O1. The largest absolute Gasteiger partial charge is 0.353 e. The molecule has 4 nitrogen and oxygen atoms in total. The highest BCUT2D eigenvalue weighted by Gasteiger charge is 2.41. The predicted octanol–water partition coefficient (Wildman–Crippen LogP) is 2.54. The lowest BCUT2D eigenvalue weighted by atomic mass is 9.92. The monoisotopic (exact) mass is 200 g/mol. The number of hydrogen-bond acceptors (Lipinski definition) is 3. The number of nitroso groups, excluding NO2 is 1. The van der Waals surface area contributed by atoms with Gasteiger partial charge in [-0.25, -0.2) is 5.01 Å². The summed E-state index contributed by atoms with van der Waals surface area (Å²) in [4.78, 5) is 10.8. The third kappa shape index (κ3) is 2.05. The van der Waals surface area contributed by atoms with Crippen molar-refractivity contribution in [1.82, 2.24) is 5.01 Å². The smallest absolute Gasteiger partial charge is 0.152 e.